The third kappa shape index (κ3) is 4.22. The van der Waals surface area contributed by atoms with Gasteiger partial charge in [-0.2, -0.15) is 18.2 Å². The van der Waals surface area contributed by atoms with Crippen LogP contribution in [0, 0.1) is 13.8 Å². The molecular formula is C19H17ClF3N5O3. The SMILES string of the molecule is Cc1nc2nc(C(F)(F)F)nn2c(C)c1CC(=O)Nc1cc2c(cc1Cl)OCCCO2. The molecule has 1 N–H and O–H groups in total. The number of nitrogens with zero attached hydrogens (tertiary/aromatic N) is 4. The Bertz CT molecular complexity index is 1180. The summed E-state index contributed by atoms with van der Waals surface area (Å²) in [4.78, 5) is 20.2. The van der Waals surface area contributed by atoms with Gasteiger partial charge in [0.05, 0.1) is 30.3 Å². The minimum Gasteiger partial charge on any atom is -0.490 e. The summed E-state index contributed by atoms with van der Waals surface area (Å²) in [7, 11) is 0. The Kier molecular flexibility index (Phi) is 5.38. The number of aryl methyl sites for hydroxylation is 2. The molecule has 0 atom stereocenters. The van der Waals surface area contributed by atoms with Crippen LogP contribution in [0.5, 0.6) is 11.5 Å². The maximum Gasteiger partial charge on any atom is 0.453 e. The first kappa shape index (κ1) is 21.2. The van der Waals surface area contributed by atoms with Crippen molar-refractivity contribution in [2.45, 2.75) is 32.9 Å². The molecule has 0 bridgehead atoms. The van der Waals surface area contributed by atoms with Crippen LogP contribution >= 0.6 is 11.6 Å². The van der Waals surface area contributed by atoms with Crippen molar-refractivity contribution in [1.29, 1.82) is 0 Å². The second-order valence-corrected chi connectivity index (χ2v) is 7.37. The van der Waals surface area contributed by atoms with E-state index in [1.807, 2.05) is 0 Å². The van der Waals surface area contributed by atoms with Gasteiger partial charge in [0.25, 0.3) is 11.6 Å². The van der Waals surface area contributed by atoms with Crippen molar-refractivity contribution < 1.29 is 27.4 Å². The second kappa shape index (κ2) is 7.88. The van der Waals surface area contributed by atoms with Crippen LogP contribution in [-0.2, 0) is 17.4 Å². The van der Waals surface area contributed by atoms with E-state index in [2.05, 4.69) is 20.4 Å². The van der Waals surface area contributed by atoms with Crippen molar-refractivity contribution in [3.05, 3.63) is 39.9 Å². The molecule has 8 nitrogen and oxygen atoms in total. The maximum absolute atomic E-state index is 12.9. The Morgan fingerprint density at radius 3 is 2.55 bits per heavy atom. The number of hydrogen-bond acceptors (Lipinski definition) is 6. The van der Waals surface area contributed by atoms with Crippen LogP contribution in [0.2, 0.25) is 5.02 Å². The molecule has 2 aromatic heterocycles. The molecule has 3 aromatic rings. The first-order valence-corrected chi connectivity index (χ1v) is 9.70. The summed E-state index contributed by atoms with van der Waals surface area (Å²) in [6.07, 6.45) is -4.12. The number of halogens is 4. The number of nitrogens with one attached hydrogen (secondary N) is 1. The summed E-state index contributed by atoms with van der Waals surface area (Å²) in [6.45, 7) is 4.13. The van der Waals surface area contributed by atoms with Gasteiger partial charge in [-0.05, 0) is 13.8 Å². The number of carbonyl (C=O) groups is 1. The Morgan fingerprint density at radius 1 is 1.19 bits per heavy atom. The molecular weight excluding hydrogens is 439 g/mol. The standard InChI is InChI=1S/C19H17ClF3N5O3/c1-9-11(10(2)28-18(24-9)26-17(27-28)19(21,22)23)6-16(29)25-13-8-15-14(7-12(13)20)30-4-3-5-31-15/h7-8H,3-6H2,1-2H3,(H,25,29). The van der Waals surface area contributed by atoms with Crippen LogP contribution in [0.25, 0.3) is 5.78 Å². The van der Waals surface area contributed by atoms with Gasteiger partial charge in [-0.1, -0.05) is 11.6 Å². The van der Waals surface area contributed by atoms with Gasteiger partial charge in [0, 0.05) is 35.5 Å². The summed E-state index contributed by atoms with van der Waals surface area (Å²) < 4.78 is 50.9. The van der Waals surface area contributed by atoms with Crippen LogP contribution < -0.4 is 14.8 Å². The number of alkyl halides is 3. The zero-order valence-electron chi connectivity index (χ0n) is 16.5. The summed E-state index contributed by atoms with van der Waals surface area (Å²) in [5.74, 6) is -0.941. The van der Waals surface area contributed by atoms with E-state index < -0.39 is 17.9 Å². The largest absolute Gasteiger partial charge is 0.490 e. The number of anilines is 1. The van der Waals surface area contributed by atoms with Gasteiger partial charge in [0.15, 0.2) is 11.5 Å². The lowest BCUT2D eigenvalue weighted by atomic mass is 10.1. The monoisotopic (exact) mass is 455 g/mol. The number of rotatable bonds is 3. The molecule has 1 aliphatic heterocycles. The topological polar surface area (TPSA) is 90.6 Å². The predicted octanol–water partition coefficient (Wildman–Crippen LogP) is 3.76. The fourth-order valence-corrected chi connectivity index (χ4v) is 3.42. The van der Waals surface area contributed by atoms with Gasteiger partial charge in [-0.25, -0.2) is 9.50 Å². The van der Waals surface area contributed by atoms with Crippen molar-refractivity contribution in [3.8, 4) is 11.5 Å². The van der Waals surface area contributed by atoms with Crippen molar-refractivity contribution in [3.63, 3.8) is 0 Å². The van der Waals surface area contributed by atoms with E-state index in [-0.39, 0.29) is 17.2 Å². The van der Waals surface area contributed by atoms with Gasteiger partial charge in [-0.3, -0.25) is 4.79 Å². The lowest BCUT2D eigenvalue weighted by Gasteiger charge is -2.14. The number of carbonyl (C=O) groups excluding carboxylic acids is 1. The summed E-state index contributed by atoms with van der Waals surface area (Å²) in [6, 6.07) is 3.14. The molecule has 31 heavy (non-hydrogen) atoms. The fraction of sp³-hybridized carbons (Fsp3) is 0.368. The van der Waals surface area contributed by atoms with Gasteiger partial charge < -0.3 is 14.8 Å². The quantitative estimate of drug-likeness (QED) is 0.646. The van der Waals surface area contributed by atoms with Crippen LogP contribution in [0.1, 0.15) is 29.2 Å². The van der Waals surface area contributed by atoms with E-state index in [4.69, 9.17) is 21.1 Å². The normalized spacial score (nSPS) is 13.9. The summed E-state index contributed by atoms with van der Waals surface area (Å²) >= 11 is 6.26. The Labute approximate surface area is 179 Å². The zero-order chi connectivity index (χ0) is 22.3. The number of ether oxygens (including phenoxy) is 2. The van der Waals surface area contributed by atoms with E-state index in [0.717, 1.165) is 10.9 Å². The first-order valence-electron chi connectivity index (χ1n) is 9.32. The molecule has 1 amide bonds. The van der Waals surface area contributed by atoms with Crippen molar-refractivity contribution in [2.75, 3.05) is 18.5 Å². The van der Waals surface area contributed by atoms with Crippen LogP contribution in [0.4, 0.5) is 18.9 Å². The lowest BCUT2D eigenvalue weighted by molar-refractivity contribution is -0.144. The van der Waals surface area contributed by atoms with Crippen LogP contribution in [-0.4, -0.2) is 38.7 Å². The van der Waals surface area contributed by atoms with E-state index in [1.54, 1.807) is 26.0 Å². The average molecular weight is 456 g/mol. The van der Waals surface area contributed by atoms with Gasteiger partial charge >= 0.3 is 6.18 Å². The summed E-state index contributed by atoms with van der Waals surface area (Å²) in [5.41, 5.74) is 1.49. The van der Waals surface area contributed by atoms with Crippen LogP contribution in [0.3, 0.4) is 0 Å². The highest BCUT2D eigenvalue weighted by molar-refractivity contribution is 6.34. The molecule has 0 saturated carbocycles. The molecule has 0 saturated heterocycles. The van der Waals surface area contributed by atoms with Crippen molar-refractivity contribution in [1.82, 2.24) is 19.6 Å². The highest BCUT2D eigenvalue weighted by Crippen LogP contribution is 2.37. The molecule has 3 heterocycles. The molecule has 4 rings (SSSR count). The molecule has 1 aromatic carbocycles. The molecule has 0 radical (unpaired) electrons. The number of hydrogen-bond donors (Lipinski definition) is 1. The van der Waals surface area contributed by atoms with E-state index >= 15 is 0 Å². The molecule has 0 spiro atoms. The second-order valence-electron chi connectivity index (χ2n) is 6.96. The number of benzene rings is 1. The molecule has 1 aliphatic rings. The van der Waals surface area contributed by atoms with Crippen molar-refractivity contribution >= 4 is 29.0 Å². The van der Waals surface area contributed by atoms with E-state index in [0.29, 0.717) is 47.4 Å². The molecule has 164 valence electrons. The number of fused-ring (bicyclic) bond motifs is 2. The Morgan fingerprint density at radius 2 is 1.87 bits per heavy atom. The third-order valence-corrected chi connectivity index (χ3v) is 5.06. The summed E-state index contributed by atoms with van der Waals surface area (Å²) in [5, 5.41) is 6.45. The maximum atomic E-state index is 12.9. The fourth-order valence-electron chi connectivity index (χ4n) is 3.22. The smallest absolute Gasteiger partial charge is 0.453 e. The molecule has 0 fully saturated rings. The Hall–Kier alpha value is -3.08. The zero-order valence-corrected chi connectivity index (χ0v) is 17.3. The van der Waals surface area contributed by atoms with E-state index in [9.17, 15) is 18.0 Å². The predicted molar refractivity (Wildman–Crippen MR) is 105 cm³/mol. The van der Waals surface area contributed by atoms with Gasteiger partial charge in [0.1, 0.15) is 0 Å². The first-order chi connectivity index (χ1) is 14.6. The average Bonchev–Trinajstić information content (AvgIpc) is 3.00. The third-order valence-electron chi connectivity index (χ3n) is 4.75. The highest BCUT2D eigenvalue weighted by atomic mass is 35.5. The number of amides is 1. The van der Waals surface area contributed by atoms with Crippen molar-refractivity contribution in [2.24, 2.45) is 0 Å². The Balaban J connectivity index is 1.59. The van der Waals surface area contributed by atoms with Gasteiger partial charge in [0.2, 0.25) is 5.91 Å². The molecule has 0 unspecified atom stereocenters. The lowest BCUT2D eigenvalue weighted by Crippen LogP contribution is -2.18. The minimum atomic E-state index is -4.69. The molecule has 0 aliphatic carbocycles. The van der Waals surface area contributed by atoms with Gasteiger partial charge in [-0.15, -0.1) is 5.10 Å². The van der Waals surface area contributed by atoms with Crippen LogP contribution in [0.15, 0.2) is 12.1 Å². The molecule has 12 heteroatoms. The highest BCUT2D eigenvalue weighted by Gasteiger charge is 2.37. The van der Waals surface area contributed by atoms with E-state index in [1.165, 1.54) is 0 Å². The number of aromatic nitrogens is 4. The minimum absolute atomic E-state index is 0.146.